The SMILES string of the molecule is Cn1cc(-n2ccc(=O)[c]n2)cn1. The zero-order valence-corrected chi connectivity index (χ0v) is 7.01. The smallest absolute Gasteiger partial charge is 0.209 e. The summed E-state index contributed by atoms with van der Waals surface area (Å²) in [5.74, 6) is 0. The summed E-state index contributed by atoms with van der Waals surface area (Å²) < 4.78 is 3.20. The molecule has 5 heteroatoms. The number of aryl methyl sites for hydroxylation is 1. The van der Waals surface area contributed by atoms with Crippen molar-refractivity contribution >= 4 is 0 Å². The molecule has 2 rings (SSSR count). The van der Waals surface area contributed by atoms with Crippen molar-refractivity contribution in [1.29, 1.82) is 0 Å². The fourth-order valence-corrected chi connectivity index (χ4v) is 0.982. The molecule has 0 saturated carbocycles. The van der Waals surface area contributed by atoms with Gasteiger partial charge in [0.1, 0.15) is 5.69 Å². The number of nitrogens with zero attached hydrogens (tertiary/aromatic N) is 4. The van der Waals surface area contributed by atoms with Gasteiger partial charge in [-0.3, -0.25) is 9.48 Å². The molecule has 2 aromatic rings. The van der Waals surface area contributed by atoms with Crippen LogP contribution in [0.5, 0.6) is 0 Å². The molecule has 2 aromatic heterocycles. The lowest BCUT2D eigenvalue weighted by Gasteiger charge is -1.97. The van der Waals surface area contributed by atoms with Crippen molar-refractivity contribution in [2.24, 2.45) is 7.05 Å². The summed E-state index contributed by atoms with van der Waals surface area (Å²) in [5, 5.41) is 7.77. The van der Waals surface area contributed by atoms with Gasteiger partial charge in [-0.1, -0.05) is 0 Å². The Bertz CT molecular complexity index is 450. The molecule has 0 unspecified atom stereocenters. The maximum absolute atomic E-state index is 10.7. The first kappa shape index (κ1) is 7.72. The molecule has 13 heavy (non-hydrogen) atoms. The van der Waals surface area contributed by atoms with Gasteiger partial charge in [-0.15, -0.1) is 0 Å². The van der Waals surface area contributed by atoms with Crippen molar-refractivity contribution in [3.63, 3.8) is 0 Å². The lowest BCUT2D eigenvalue weighted by atomic mass is 10.5. The van der Waals surface area contributed by atoms with Crippen molar-refractivity contribution < 1.29 is 0 Å². The van der Waals surface area contributed by atoms with Crippen LogP contribution in [0.25, 0.3) is 5.69 Å². The molecule has 0 aliphatic rings. The molecule has 0 bridgehead atoms. The topological polar surface area (TPSA) is 52.7 Å². The molecule has 0 aliphatic carbocycles. The molecule has 1 radical (unpaired) electrons. The van der Waals surface area contributed by atoms with Crippen LogP contribution in [0.4, 0.5) is 0 Å². The minimum absolute atomic E-state index is 0.222. The number of aromatic nitrogens is 4. The Morgan fingerprint density at radius 1 is 1.54 bits per heavy atom. The summed E-state index contributed by atoms with van der Waals surface area (Å²) in [6.07, 6.45) is 7.36. The second kappa shape index (κ2) is 2.85. The fraction of sp³-hybridized carbons (Fsp3) is 0.125. The molecule has 2 heterocycles. The maximum atomic E-state index is 10.7. The van der Waals surface area contributed by atoms with E-state index in [9.17, 15) is 4.79 Å². The molecule has 5 nitrogen and oxygen atoms in total. The number of rotatable bonds is 1. The van der Waals surface area contributed by atoms with Crippen LogP contribution in [-0.4, -0.2) is 19.6 Å². The first-order valence-electron chi connectivity index (χ1n) is 3.72. The second-order valence-electron chi connectivity index (χ2n) is 2.61. The highest BCUT2D eigenvalue weighted by atomic mass is 16.1. The van der Waals surface area contributed by atoms with E-state index in [0.717, 1.165) is 5.69 Å². The third kappa shape index (κ3) is 1.48. The summed E-state index contributed by atoms with van der Waals surface area (Å²) in [6.45, 7) is 0. The molecule has 0 N–H and O–H groups in total. The summed E-state index contributed by atoms with van der Waals surface area (Å²) >= 11 is 0. The van der Waals surface area contributed by atoms with E-state index in [2.05, 4.69) is 16.4 Å². The Hall–Kier alpha value is -1.91. The van der Waals surface area contributed by atoms with Crippen LogP contribution >= 0.6 is 0 Å². The third-order valence-corrected chi connectivity index (χ3v) is 1.59. The Morgan fingerprint density at radius 3 is 2.92 bits per heavy atom. The van der Waals surface area contributed by atoms with Gasteiger partial charge < -0.3 is 0 Å². The first-order chi connectivity index (χ1) is 6.25. The number of hydrogen-bond acceptors (Lipinski definition) is 3. The van der Waals surface area contributed by atoms with Crippen LogP contribution in [0.3, 0.4) is 0 Å². The quantitative estimate of drug-likeness (QED) is 0.601. The molecular formula is C8H7N4O. The summed E-state index contributed by atoms with van der Waals surface area (Å²) in [7, 11) is 1.82. The van der Waals surface area contributed by atoms with Gasteiger partial charge in [-0.25, -0.2) is 4.68 Å². The van der Waals surface area contributed by atoms with Crippen LogP contribution in [-0.2, 0) is 7.05 Å². The van der Waals surface area contributed by atoms with Crippen LogP contribution in [0.2, 0.25) is 0 Å². The van der Waals surface area contributed by atoms with E-state index < -0.39 is 0 Å². The maximum Gasteiger partial charge on any atom is 0.209 e. The highest BCUT2D eigenvalue weighted by molar-refractivity contribution is 5.22. The van der Waals surface area contributed by atoms with Gasteiger partial charge in [0.2, 0.25) is 5.43 Å². The van der Waals surface area contributed by atoms with Gasteiger partial charge in [0.25, 0.3) is 0 Å². The van der Waals surface area contributed by atoms with E-state index in [1.54, 1.807) is 23.3 Å². The molecule has 0 spiro atoms. The van der Waals surface area contributed by atoms with Gasteiger partial charge in [0.15, 0.2) is 6.20 Å². The number of hydrogen-bond donors (Lipinski definition) is 0. The van der Waals surface area contributed by atoms with Crippen molar-refractivity contribution in [2.75, 3.05) is 0 Å². The zero-order valence-electron chi connectivity index (χ0n) is 7.01. The molecule has 0 saturated heterocycles. The minimum Gasteiger partial charge on any atom is -0.287 e. The Balaban J connectivity index is 2.47. The molecule has 0 atom stereocenters. The van der Waals surface area contributed by atoms with Gasteiger partial charge in [0, 0.05) is 19.3 Å². The molecule has 0 aromatic carbocycles. The monoisotopic (exact) mass is 175 g/mol. The van der Waals surface area contributed by atoms with E-state index in [1.165, 1.54) is 10.7 Å². The van der Waals surface area contributed by atoms with Crippen molar-refractivity contribution in [3.05, 3.63) is 41.1 Å². The third-order valence-electron chi connectivity index (χ3n) is 1.59. The standard InChI is InChI=1S/C8H7N4O/c1-11-6-7(4-9-11)12-3-2-8(13)5-10-12/h2-4,6H,1H3. The lowest BCUT2D eigenvalue weighted by molar-refractivity contribution is 0.765. The van der Waals surface area contributed by atoms with E-state index in [1.807, 2.05) is 7.05 Å². The van der Waals surface area contributed by atoms with Crippen LogP contribution in [0.1, 0.15) is 0 Å². The normalized spacial score (nSPS) is 10.2. The summed E-state index contributed by atoms with van der Waals surface area (Å²) in [5.41, 5.74) is 0.582. The van der Waals surface area contributed by atoms with Gasteiger partial charge in [-0.05, 0) is 0 Å². The fourth-order valence-electron chi connectivity index (χ4n) is 0.982. The van der Waals surface area contributed by atoms with Gasteiger partial charge in [-0.2, -0.15) is 10.2 Å². The van der Waals surface area contributed by atoms with Gasteiger partial charge in [0.05, 0.1) is 12.4 Å². The second-order valence-corrected chi connectivity index (χ2v) is 2.61. The molecule has 0 aliphatic heterocycles. The Morgan fingerprint density at radius 2 is 2.38 bits per heavy atom. The molecule has 65 valence electrons. The minimum atomic E-state index is -0.222. The van der Waals surface area contributed by atoms with E-state index in [-0.39, 0.29) is 5.43 Å². The van der Waals surface area contributed by atoms with E-state index in [4.69, 9.17) is 0 Å². The molecular weight excluding hydrogens is 168 g/mol. The van der Waals surface area contributed by atoms with Crippen molar-refractivity contribution in [1.82, 2.24) is 19.6 Å². The average molecular weight is 175 g/mol. The highest BCUT2D eigenvalue weighted by Crippen LogP contribution is 2.00. The van der Waals surface area contributed by atoms with Crippen molar-refractivity contribution in [2.45, 2.75) is 0 Å². The largest absolute Gasteiger partial charge is 0.287 e. The predicted molar refractivity (Wildman–Crippen MR) is 45.4 cm³/mol. The Labute approximate surface area is 74.2 Å². The molecule has 0 fully saturated rings. The van der Waals surface area contributed by atoms with Crippen LogP contribution in [0, 0.1) is 6.20 Å². The first-order valence-corrected chi connectivity index (χ1v) is 3.72. The molecule has 0 amide bonds. The van der Waals surface area contributed by atoms with Gasteiger partial charge >= 0.3 is 0 Å². The summed E-state index contributed by atoms with van der Waals surface area (Å²) in [6, 6.07) is 1.40. The summed E-state index contributed by atoms with van der Waals surface area (Å²) in [4.78, 5) is 10.7. The van der Waals surface area contributed by atoms with Crippen LogP contribution in [0.15, 0.2) is 29.5 Å². The van der Waals surface area contributed by atoms with E-state index in [0.29, 0.717) is 0 Å². The predicted octanol–water partition coefficient (Wildman–Crippen LogP) is -0.234. The average Bonchev–Trinajstić information content (AvgIpc) is 2.53. The highest BCUT2D eigenvalue weighted by Gasteiger charge is 1.97. The van der Waals surface area contributed by atoms with E-state index >= 15 is 0 Å². The van der Waals surface area contributed by atoms with Crippen LogP contribution < -0.4 is 5.43 Å². The Kier molecular flexibility index (Phi) is 1.70. The van der Waals surface area contributed by atoms with Crippen molar-refractivity contribution in [3.8, 4) is 5.69 Å². The zero-order chi connectivity index (χ0) is 9.26. The lowest BCUT2D eigenvalue weighted by Crippen LogP contribution is -2.06.